The summed E-state index contributed by atoms with van der Waals surface area (Å²) in [4.78, 5) is 10.3. The Morgan fingerprint density at radius 1 is 1.50 bits per heavy atom. The van der Waals surface area contributed by atoms with Gasteiger partial charge in [-0.25, -0.2) is 4.79 Å². The van der Waals surface area contributed by atoms with Crippen LogP contribution in [0.5, 0.6) is 0 Å². The van der Waals surface area contributed by atoms with Gasteiger partial charge in [-0.1, -0.05) is 6.58 Å². The first-order valence-corrected chi connectivity index (χ1v) is 3.88. The fraction of sp³-hybridized carbons (Fsp3) is 0.667. The van der Waals surface area contributed by atoms with E-state index in [1.54, 1.807) is 0 Å². The molecule has 0 amide bonds. The Morgan fingerprint density at radius 3 is 2.33 bits per heavy atom. The number of rotatable bonds is 4. The van der Waals surface area contributed by atoms with Crippen molar-refractivity contribution in [2.24, 2.45) is 0 Å². The van der Waals surface area contributed by atoms with Crippen LogP contribution in [0.4, 0.5) is 0 Å². The third-order valence-corrected chi connectivity index (χ3v) is 1.24. The third-order valence-electron chi connectivity index (χ3n) is 1.24. The molecule has 0 rings (SSSR count). The molecule has 12 heavy (non-hydrogen) atoms. The largest absolute Gasteiger partial charge is 0.478 e. The molecule has 0 radical (unpaired) electrons. The molecule has 0 saturated carbocycles. The summed E-state index contributed by atoms with van der Waals surface area (Å²) in [5, 5.41) is 8.46. The number of hydrogen-bond donors (Lipinski definition) is 1. The lowest BCUT2D eigenvalue weighted by Gasteiger charge is -2.19. The van der Waals surface area contributed by atoms with E-state index in [0.29, 0.717) is 13.0 Å². The molecule has 0 heterocycles. The van der Waals surface area contributed by atoms with Crippen molar-refractivity contribution in [3.05, 3.63) is 12.2 Å². The van der Waals surface area contributed by atoms with Crippen LogP contribution in [0.15, 0.2) is 12.2 Å². The van der Waals surface area contributed by atoms with Crippen LogP contribution in [-0.4, -0.2) is 23.3 Å². The number of carboxylic acid groups (broad SMARTS) is 1. The van der Waals surface area contributed by atoms with Crippen molar-refractivity contribution in [1.29, 1.82) is 0 Å². The van der Waals surface area contributed by atoms with Gasteiger partial charge in [-0.15, -0.1) is 0 Å². The van der Waals surface area contributed by atoms with E-state index in [0.717, 1.165) is 0 Å². The number of hydrogen-bond acceptors (Lipinski definition) is 2. The summed E-state index contributed by atoms with van der Waals surface area (Å²) in [7, 11) is 0. The summed E-state index contributed by atoms with van der Waals surface area (Å²) in [5.74, 6) is -0.951. The minimum atomic E-state index is -0.951. The lowest BCUT2D eigenvalue weighted by Crippen LogP contribution is -2.20. The summed E-state index contributed by atoms with van der Waals surface area (Å²) >= 11 is 0. The molecule has 0 fully saturated rings. The van der Waals surface area contributed by atoms with Gasteiger partial charge in [0.2, 0.25) is 0 Å². The van der Waals surface area contributed by atoms with Crippen LogP contribution in [0.3, 0.4) is 0 Å². The summed E-state index contributed by atoms with van der Waals surface area (Å²) < 4.78 is 5.33. The van der Waals surface area contributed by atoms with Gasteiger partial charge in [0.1, 0.15) is 0 Å². The Morgan fingerprint density at radius 2 is 2.00 bits per heavy atom. The highest BCUT2D eigenvalue weighted by molar-refractivity contribution is 5.85. The maximum absolute atomic E-state index is 10.3. The van der Waals surface area contributed by atoms with Crippen molar-refractivity contribution in [3.63, 3.8) is 0 Å². The Balaban J connectivity index is 3.58. The van der Waals surface area contributed by atoms with Gasteiger partial charge >= 0.3 is 5.97 Å². The molecule has 70 valence electrons. The van der Waals surface area contributed by atoms with Gasteiger partial charge in [0, 0.05) is 12.0 Å². The first kappa shape index (κ1) is 11.2. The molecule has 0 atom stereocenters. The van der Waals surface area contributed by atoms with Gasteiger partial charge in [0.05, 0.1) is 12.2 Å². The summed E-state index contributed by atoms with van der Waals surface area (Å²) in [5.41, 5.74) is -0.0158. The molecule has 0 aliphatic carbocycles. The average molecular weight is 172 g/mol. The maximum Gasteiger partial charge on any atom is 0.331 e. The standard InChI is InChI=1S/C9H16O3/c1-7(8(10)11)5-6-12-9(2,3)4/h1,5-6H2,2-4H3,(H,10,11). The van der Waals surface area contributed by atoms with Crippen molar-refractivity contribution in [1.82, 2.24) is 0 Å². The normalized spacial score (nSPS) is 11.2. The first-order chi connectivity index (χ1) is 5.33. The molecule has 0 spiro atoms. The molecular formula is C9H16O3. The highest BCUT2D eigenvalue weighted by Crippen LogP contribution is 2.08. The predicted octanol–water partition coefficient (Wildman–Crippen LogP) is 1.83. The van der Waals surface area contributed by atoms with Crippen molar-refractivity contribution in [2.45, 2.75) is 32.8 Å². The van der Waals surface area contributed by atoms with Crippen molar-refractivity contribution in [2.75, 3.05) is 6.61 Å². The zero-order chi connectivity index (χ0) is 9.78. The molecule has 3 nitrogen and oxygen atoms in total. The van der Waals surface area contributed by atoms with Gasteiger partial charge in [0.25, 0.3) is 0 Å². The molecule has 1 N–H and O–H groups in total. The first-order valence-electron chi connectivity index (χ1n) is 3.88. The van der Waals surface area contributed by atoms with E-state index < -0.39 is 5.97 Å². The molecule has 0 aliphatic heterocycles. The van der Waals surface area contributed by atoms with E-state index in [4.69, 9.17) is 9.84 Å². The van der Waals surface area contributed by atoms with E-state index in [1.807, 2.05) is 20.8 Å². The highest BCUT2D eigenvalue weighted by Gasteiger charge is 2.11. The molecular weight excluding hydrogens is 156 g/mol. The van der Waals surface area contributed by atoms with Crippen molar-refractivity contribution in [3.8, 4) is 0 Å². The fourth-order valence-corrected chi connectivity index (χ4v) is 0.587. The summed E-state index contributed by atoms with van der Waals surface area (Å²) in [6.07, 6.45) is 0.382. The fourth-order valence-electron chi connectivity index (χ4n) is 0.587. The Hall–Kier alpha value is -0.830. The molecule has 0 saturated heterocycles. The summed E-state index contributed by atoms with van der Waals surface area (Å²) in [6, 6.07) is 0. The number of carbonyl (C=O) groups is 1. The lowest BCUT2D eigenvalue weighted by atomic mass is 10.2. The molecule has 0 aromatic carbocycles. The number of carboxylic acids is 1. The zero-order valence-electron chi connectivity index (χ0n) is 7.89. The molecule has 0 bridgehead atoms. The van der Waals surface area contributed by atoms with Gasteiger partial charge in [0.15, 0.2) is 0 Å². The molecule has 0 aliphatic rings. The van der Waals surface area contributed by atoms with Crippen LogP contribution >= 0.6 is 0 Å². The smallest absolute Gasteiger partial charge is 0.331 e. The van der Waals surface area contributed by atoms with Crippen LogP contribution in [0.1, 0.15) is 27.2 Å². The molecule has 0 aromatic heterocycles. The minimum absolute atomic E-state index is 0.194. The van der Waals surface area contributed by atoms with Gasteiger partial charge in [-0.3, -0.25) is 0 Å². The Kier molecular flexibility index (Phi) is 3.96. The van der Waals surface area contributed by atoms with E-state index in [2.05, 4.69) is 6.58 Å². The second-order valence-corrected chi connectivity index (χ2v) is 3.62. The minimum Gasteiger partial charge on any atom is -0.478 e. The topological polar surface area (TPSA) is 46.5 Å². The van der Waals surface area contributed by atoms with Crippen LogP contribution in [0.25, 0.3) is 0 Å². The lowest BCUT2D eigenvalue weighted by molar-refractivity contribution is -0.133. The van der Waals surface area contributed by atoms with Crippen LogP contribution < -0.4 is 0 Å². The average Bonchev–Trinajstić information content (AvgIpc) is 1.84. The SMILES string of the molecule is C=C(CCOC(C)(C)C)C(=O)O. The zero-order valence-corrected chi connectivity index (χ0v) is 7.89. The maximum atomic E-state index is 10.3. The van der Waals surface area contributed by atoms with Gasteiger partial charge in [-0.05, 0) is 20.8 Å². The highest BCUT2D eigenvalue weighted by atomic mass is 16.5. The van der Waals surface area contributed by atoms with Crippen LogP contribution in [0, 0.1) is 0 Å². The molecule has 0 aromatic rings. The summed E-state index contributed by atoms with van der Waals surface area (Å²) in [6.45, 7) is 9.59. The second kappa shape index (κ2) is 4.26. The van der Waals surface area contributed by atoms with E-state index in [1.165, 1.54) is 0 Å². The van der Waals surface area contributed by atoms with Crippen LogP contribution in [-0.2, 0) is 9.53 Å². The molecule has 0 unspecified atom stereocenters. The van der Waals surface area contributed by atoms with Gasteiger partial charge < -0.3 is 9.84 Å². The van der Waals surface area contributed by atoms with Crippen LogP contribution in [0.2, 0.25) is 0 Å². The van der Waals surface area contributed by atoms with Crippen molar-refractivity contribution < 1.29 is 14.6 Å². The second-order valence-electron chi connectivity index (χ2n) is 3.62. The Bertz CT molecular complexity index is 177. The van der Waals surface area contributed by atoms with Crippen molar-refractivity contribution >= 4 is 5.97 Å². The quantitative estimate of drug-likeness (QED) is 0.658. The number of aliphatic carboxylic acids is 1. The van der Waals surface area contributed by atoms with E-state index in [9.17, 15) is 4.79 Å². The van der Waals surface area contributed by atoms with E-state index >= 15 is 0 Å². The number of ether oxygens (including phenoxy) is 1. The monoisotopic (exact) mass is 172 g/mol. The predicted molar refractivity (Wildman–Crippen MR) is 47.1 cm³/mol. The molecule has 3 heteroatoms. The van der Waals surface area contributed by atoms with Gasteiger partial charge in [-0.2, -0.15) is 0 Å². The van der Waals surface area contributed by atoms with E-state index in [-0.39, 0.29) is 11.2 Å². The third kappa shape index (κ3) is 5.92. The Labute approximate surface area is 73.0 Å².